The summed E-state index contributed by atoms with van der Waals surface area (Å²) in [5.74, 6) is 0.807. The van der Waals surface area contributed by atoms with Crippen LogP contribution >= 0.6 is 0 Å². The van der Waals surface area contributed by atoms with Crippen LogP contribution in [0, 0.1) is 0 Å². The lowest BCUT2D eigenvalue weighted by atomic mass is 10.1. The molecule has 4 heteroatoms. The summed E-state index contributed by atoms with van der Waals surface area (Å²) >= 11 is 0. The predicted molar refractivity (Wildman–Crippen MR) is 72.6 cm³/mol. The van der Waals surface area contributed by atoms with Crippen molar-refractivity contribution in [2.45, 2.75) is 32.7 Å². The van der Waals surface area contributed by atoms with Gasteiger partial charge in [0.2, 0.25) is 5.91 Å². The molecule has 0 aliphatic carbocycles. The quantitative estimate of drug-likeness (QED) is 0.770. The summed E-state index contributed by atoms with van der Waals surface area (Å²) in [7, 11) is 0. The molecule has 0 unspecified atom stereocenters. The van der Waals surface area contributed by atoms with Gasteiger partial charge in [0.1, 0.15) is 5.75 Å². The molecule has 0 aromatic heterocycles. The van der Waals surface area contributed by atoms with Crippen LogP contribution in [-0.2, 0) is 11.2 Å². The van der Waals surface area contributed by atoms with Gasteiger partial charge in [-0.25, -0.2) is 0 Å². The van der Waals surface area contributed by atoms with E-state index in [0.717, 1.165) is 17.7 Å². The minimum absolute atomic E-state index is 0.0168. The van der Waals surface area contributed by atoms with Gasteiger partial charge < -0.3 is 15.8 Å². The lowest BCUT2D eigenvalue weighted by Crippen LogP contribution is -2.31. The van der Waals surface area contributed by atoms with E-state index in [9.17, 15) is 4.79 Å². The Labute approximate surface area is 109 Å². The summed E-state index contributed by atoms with van der Waals surface area (Å²) in [6.07, 6.45) is 1.21. The Morgan fingerprint density at radius 3 is 2.89 bits per heavy atom. The minimum atomic E-state index is 0.0168. The average Bonchev–Trinajstić information content (AvgIpc) is 2.29. The molecule has 0 radical (unpaired) electrons. The zero-order valence-electron chi connectivity index (χ0n) is 11.1. The molecule has 18 heavy (non-hydrogen) atoms. The second kappa shape index (κ2) is 7.71. The van der Waals surface area contributed by atoms with Gasteiger partial charge in [-0.05, 0) is 44.5 Å². The molecule has 100 valence electrons. The van der Waals surface area contributed by atoms with Gasteiger partial charge in [-0.1, -0.05) is 12.1 Å². The second-order valence-corrected chi connectivity index (χ2v) is 4.51. The SMILES string of the molecule is CC(C)NC(=O)CCOc1cccc(CCN)c1. The lowest BCUT2D eigenvalue weighted by molar-refractivity contribution is -0.122. The zero-order valence-corrected chi connectivity index (χ0v) is 11.1. The fourth-order valence-electron chi connectivity index (χ4n) is 1.61. The molecule has 1 aromatic carbocycles. The van der Waals surface area contributed by atoms with Crippen molar-refractivity contribution < 1.29 is 9.53 Å². The number of carbonyl (C=O) groups is 1. The van der Waals surface area contributed by atoms with Crippen molar-refractivity contribution in [3.05, 3.63) is 29.8 Å². The van der Waals surface area contributed by atoms with Gasteiger partial charge in [0.25, 0.3) is 0 Å². The molecule has 0 heterocycles. The highest BCUT2D eigenvalue weighted by Gasteiger charge is 2.03. The first kappa shape index (κ1) is 14.5. The van der Waals surface area contributed by atoms with Gasteiger partial charge in [-0.3, -0.25) is 4.79 Å². The highest BCUT2D eigenvalue weighted by Crippen LogP contribution is 2.13. The van der Waals surface area contributed by atoms with Gasteiger partial charge in [-0.2, -0.15) is 0 Å². The summed E-state index contributed by atoms with van der Waals surface area (Å²) in [5.41, 5.74) is 6.66. The third-order valence-electron chi connectivity index (χ3n) is 2.38. The highest BCUT2D eigenvalue weighted by molar-refractivity contribution is 5.76. The first-order valence-electron chi connectivity index (χ1n) is 6.33. The standard InChI is InChI=1S/C14H22N2O2/c1-11(2)16-14(17)7-9-18-13-5-3-4-12(10-13)6-8-15/h3-5,10-11H,6-9,15H2,1-2H3,(H,16,17). The maximum atomic E-state index is 11.4. The van der Waals surface area contributed by atoms with Crippen LogP contribution in [0.2, 0.25) is 0 Å². The monoisotopic (exact) mass is 250 g/mol. The van der Waals surface area contributed by atoms with E-state index in [1.165, 1.54) is 0 Å². The van der Waals surface area contributed by atoms with E-state index < -0.39 is 0 Å². The van der Waals surface area contributed by atoms with Gasteiger partial charge >= 0.3 is 0 Å². The van der Waals surface area contributed by atoms with Crippen LogP contribution in [0.1, 0.15) is 25.8 Å². The Hall–Kier alpha value is -1.55. The van der Waals surface area contributed by atoms with Crippen molar-refractivity contribution in [3.8, 4) is 5.75 Å². The molecule has 0 saturated carbocycles. The average molecular weight is 250 g/mol. The molecular formula is C14H22N2O2. The molecular weight excluding hydrogens is 228 g/mol. The van der Waals surface area contributed by atoms with Crippen LogP contribution in [0.25, 0.3) is 0 Å². The Balaban J connectivity index is 2.34. The Morgan fingerprint density at radius 1 is 1.44 bits per heavy atom. The topological polar surface area (TPSA) is 64.3 Å². The summed E-state index contributed by atoms with van der Waals surface area (Å²) in [5, 5.41) is 2.83. The number of carbonyl (C=O) groups excluding carboxylic acids is 1. The minimum Gasteiger partial charge on any atom is -0.493 e. The molecule has 1 amide bonds. The molecule has 1 rings (SSSR count). The first-order valence-corrected chi connectivity index (χ1v) is 6.33. The number of ether oxygens (including phenoxy) is 1. The largest absolute Gasteiger partial charge is 0.493 e. The molecule has 1 aromatic rings. The van der Waals surface area contributed by atoms with E-state index >= 15 is 0 Å². The normalized spacial score (nSPS) is 10.4. The molecule has 0 saturated heterocycles. The molecule has 0 aliphatic rings. The van der Waals surface area contributed by atoms with E-state index in [4.69, 9.17) is 10.5 Å². The van der Waals surface area contributed by atoms with Crippen molar-refractivity contribution in [2.75, 3.05) is 13.2 Å². The molecule has 0 atom stereocenters. The molecule has 0 bridgehead atoms. The molecule has 0 aliphatic heterocycles. The fourth-order valence-corrected chi connectivity index (χ4v) is 1.61. The third-order valence-corrected chi connectivity index (χ3v) is 2.38. The fraction of sp³-hybridized carbons (Fsp3) is 0.500. The number of nitrogens with one attached hydrogen (secondary N) is 1. The van der Waals surface area contributed by atoms with Crippen LogP contribution < -0.4 is 15.8 Å². The lowest BCUT2D eigenvalue weighted by Gasteiger charge is -2.10. The molecule has 0 spiro atoms. The summed E-state index contributed by atoms with van der Waals surface area (Å²) in [4.78, 5) is 11.4. The predicted octanol–water partition coefficient (Wildman–Crippen LogP) is 1.48. The second-order valence-electron chi connectivity index (χ2n) is 4.51. The Kier molecular flexibility index (Phi) is 6.22. The van der Waals surface area contributed by atoms with Gasteiger partial charge in [0.15, 0.2) is 0 Å². The number of hydrogen-bond donors (Lipinski definition) is 2. The van der Waals surface area contributed by atoms with Crippen molar-refractivity contribution >= 4 is 5.91 Å². The van der Waals surface area contributed by atoms with E-state index in [2.05, 4.69) is 5.32 Å². The van der Waals surface area contributed by atoms with Crippen LogP contribution in [0.3, 0.4) is 0 Å². The third kappa shape index (κ3) is 5.68. The van der Waals surface area contributed by atoms with Crippen molar-refractivity contribution in [2.24, 2.45) is 5.73 Å². The Bertz CT molecular complexity index is 378. The van der Waals surface area contributed by atoms with Crippen LogP contribution in [0.15, 0.2) is 24.3 Å². The number of benzene rings is 1. The maximum absolute atomic E-state index is 11.4. The van der Waals surface area contributed by atoms with Crippen LogP contribution in [-0.4, -0.2) is 25.1 Å². The summed E-state index contributed by atoms with van der Waals surface area (Å²) in [6, 6.07) is 7.98. The number of hydrogen-bond acceptors (Lipinski definition) is 3. The Morgan fingerprint density at radius 2 is 2.22 bits per heavy atom. The highest BCUT2D eigenvalue weighted by atomic mass is 16.5. The van der Waals surface area contributed by atoms with Crippen LogP contribution in [0.5, 0.6) is 5.75 Å². The summed E-state index contributed by atoms with van der Waals surface area (Å²) < 4.78 is 5.54. The first-order chi connectivity index (χ1) is 8.61. The molecule has 3 N–H and O–H groups in total. The molecule has 0 fully saturated rings. The number of rotatable bonds is 7. The van der Waals surface area contributed by atoms with E-state index in [-0.39, 0.29) is 11.9 Å². The van der Waals surface area contributed by atoms with Crippen molar-refractivity contribution in [1.29, 1.82) is 0 Å². The number of nitrogens with two attached hydrogens (primary N) is 1. The van der Waals surface area contributed by atoms with Crippen molar-refractivity contribution in [3.63, 3.8) is 0 Å². The van der Waals surface area contributed by atoms with Crippen molar-refractivity contribution in [1.82, 2.24) is 5.32 Å². The van der Waals surface area contributed by atoms with E-state index in [0.29, 0.717) is 19.6 Å². The smallest absolute Gasteiger partial charge is 0.223 e. The van der Waals surface area contributed by atoms with Gasteiger partial charge in [0, 0.05) is 6.04 Å². The number of amides is 1. The zero-order chi connectivity index (χ0) is 13.4. The molecule has 4 nitrogen and oxygen atoms in total. The van der Waals surface area contributed by atoms with Gasteiger partial charge in [-0.15, -0.1) is 0 Å². The summed E-state index contributed by atoms with van der Waals surface area (Å²) in [6.45, 7) is 4.90. The van der Waals surface area contributed by atoms with E-state index in [1.807, 2.05) is 38.1 Å². The van der Waals surface area contributed by atoms with E-state index in [1.54, 1.807) is 0 Å². The van der Waals surface area contributed by atoms with Crippen LogP contribution in [0.4, 0.5) is 0 Å². The maximum Gasteiger partial charge on any atom is 0.223 e. The van der Waals surface area contributed by atoms with Gasteiger partial charge in [0.05, 0.1) is 13.0 Å².